The Balaban J connectivity index is 2.04. The Morgan fingerprint density at radius 1 is 1.11 bits per heavy atom. The SMILES string of the molecule is Cc1ccc(SCC(=O)c2ccccc2Br)cc1C. The maximum Gasteiger partial charge on any atom is 0.174 e. The first kappa shape index (κ1) is 14.4. The summed E-state index contributed by atoms with van der Waals surface area (Å²) in [5.74, 6) is 0.612. The molecule has 0 radical (unpaired) electrons. The van der Waals surface area contributed by atoms with Gasteiger partial charge in [-0.15, -0.1) is 11.8 Å². The first-order chi connectivity index (χ1) is 9.08. The molecule has 0 aliphatic rings. The molecular weight excluding hydrogens is 320 g/mol. The average molecular weight is 335 g/mol. The molecule has 0 saturated carbocycles. The standard InChI is InChI=1S/C16H15BrOS/c1-11-7-8-13(9-12(11)2)19-10-16(18)14-5-3-4-6-15(14)17/h3-9H,10H2,1-2H3. The van der Waals surface area contributed by atoms with Crippen molar-refractivity contribution < 1.29 is 4.79 Å². The number of thioether (sulfide) groups is 1. The van der Waals surface area contributed by atoms with Gasteiger partial charge in [0.25, 0.3) is 0 Å². The maximum absolute atomic E-state index is 12.1. The van der Waals surface area contributed by atoms with Gasteiger partial charge >= 0.3 is 0 Å². The number of halogens is 1. The average Bonchev–Trinajstić information content (AvgIpc) is 2.40. The highest BCUT2D eigenvalue weighted by Gasteiger charge is 2.09. The number of hydrogen-bond donors (Lipinski definition) is 0. The van der Waals surface area contributed by atoms with Gasteiger partial charge in [0.2, 0.25) is 0 Å². The Morgan fingerprint density at radius 2 is 1.84 bits per heavy atom. The lowest BCUT2D eigenvalue weighted by molar-refractivity contribution is 0.102. The van der Waals surface area contributed by atoms with Gasteiger partial charge in [0.05, 0.1) is 5.75 Å². The van der Waals surface area contributed by atoms with E-state index in [2.05, 4.69) is 48.0 Å². The lowest BCUT2D eigenvalue weighted by Crippen LogP contribution is -2.03. The van der Waals surface area contributed by atoms with Crippen LogP contribution in [-0.2, 0) is 0 Å². The molecule has 0 aliphatic carbocycles. The lowest BCUT2D eigenvalue weighted by atomic mass is 10.1. The number of rotatable bonds is 4. The van der Waals surface area contributed by atoms with Gasteiger partial charge in [-0.1, -0.05) is 40.2 Å². The number of carbonyl (C=O) groups is 1. The van der Waals surface area contributed by atoms with Gasteiger partial charge in [0, 0.05) is 14.9 Å². The highest BCUT2D eigenvalue weighted by atomic mass is 79.9. The Labute approximate surface area is 126 Å². The summed E-state index contributed by atoms with van der Waals surface area (Å²) in [4.78, 5) is 13.3. The molecule has 0 spiro atoms. The molecule has 3 heteroatoms. The number of aryl methyl sites for hydroxylation is 2. The van der Waals surface area contributed by atoms with Crippen LogP contribution < -0.4 is 0 Å². The van der Waals surface area contributed by atoms with E-state index in [-0.39, 0.29) is 5.78 Å². The third-order valence-electron chi connectivity index (χ3n) is 3.02. The summed E-state index contributed by atoms with van der Waals surface area (Å²) in [6.07, 6.45) is 0. The molecule has 0 aliphatic heterocycles. The van der Waals surface area contributed by atoms with Gasteiger partial charge < -0.3 is 0 Å². The van der Waals surface area contributed by atoms with E-state index in [0.717, 1.165) is 14.9 Å². The van der Waals surface area contributed by atoms with Crippen LogP contribution >= 0.6 is 27.7 Å². The molecule has 0 bridgehead atoms. The molecule has 98 valence electrons. The van der Waals surface area contributed by atoms with Crippen molar-refractivity contribution in [1.29, 1.82) is 0 Å². The molecule has 0 aromatic heterocycles. The molecule has 0 amide bonds. The number of Topliss-reactive ketones (excluding diaryl/α,β-unsaturated/α-hetero) is 1. The number of carbonyl (C=O) groups excluding carboxylic acids is 1. The minimum Gasteiger partial charge on any atom is -0.293 e. The third kappa shape index (κ3) is 3.71. The predicted molar refractivity (Wildman–Crippen MR) is 85.1 cm³/mol. The second-order valence-electron chi connectivity index (χ2n) is 4.44. The van der Waals surface area contributed by atoms with Crippen LogP contribution in [0.25, 0.3) is 0 Å². The summed E-state index contributed by atoms with van der Waals surface area (Å²) in [6, 6.07) is 13.9. The Hall–Kier alpha value is -1.06. The highest BCUT2D eigenvalue weighted by molar-refractivity contribution is 9.10. The molecule has 2 rings (SSSR count). The first-order valence-corrected chi connectivity index (χ1v) is 7.83. The van der Waals surface area contributed by atoms with Crippen molar-refractivity contribution in [3.63, 3.8) is 0 Å². The van der Waals surface area contributed by atoms with E-state index >= 15 is 0 Å². The summed E-state index contributed by atoms with van der Waals surface area (Å²) >= 11 is 5.00. The zero-order valence-electron chi connectivity index (χ0n) is 10.9. The molecule has 0 heterocycles. The topological polar surface area (TPSA) is 17.1 Å². The van der Waals surface area contributed by atoms with E-state index in [4.69, 9.17) is 0 Å². The molecule has 0 saturated heterocycles. The molecule has 1 nitrogen and oxygen atoms in total. The van der Waals surface area contributed by atoms with Crippen LogP contribution in [-0.4, -0.2) is 11.5 Å². The third-order valence-corrected chi connectivity index (χ3v) is 4.71. The molecular formula is C16H15BrOS. The number of ketones is 1. The summed E-state index contributed by atoms with van der Waals surface area (Å²) in [5.41, 5.74) is 3.29. The van der Waals surface area contributed by atoms with Gasteiger partial charge in [-0.05, 0) is 43.2 Å². The van der Waals surface area contributed by atoms with E-state index in [1.54, 1.807) is 11.8 Å². The van der Waals surface area contributed by atoms with E-state index in [9.17, 15) is 4.79 Å². The van der Waals surface area contributed by atoms with Crippen LogP contribution in [0.1, 0.15) is 21.5 Å². The van der Waals surface area contributed by atoms with Crippen molar-refractivity contribution in [2.24, 2.45) is 0 Å². The molecule has 0 unspecified atom stereocenters. The van der Waals surface area contributed by atoms with Crippen LogP contribution in [0.15, 0.2) is 51.8 Å². The first-order valence-electron chi connectivity index (χ1n) is 6.05. The van der Waals surface area contributed by atoms with E-state index in [0.29, 0.717) is 5.75 Å². The van der Waals surface area contributed by atoms with Crippen molar-refractivity contribution >= 4 is 33.5 Å². The molecule has 2 aromatic rings. The number of hydrogen-bond acceptors (Lipinski definition) is 2. The van der Waals surface area contributed by atoms with Crippen LogP contribution in [0.2, 0.25) is 0 Å². The second kappa shape index (κ2) is 6.40. The Kier molecular flexibility index (Phi) is 4.83. The smallest absolute Gasteiger partial charge is 0.174 e. The second-order valence-corrected chi connectivity index (χ2v) is 6.34. The van der Waals surface area contributed by atoms with Gasteiger partial charge in [0.1, 0.15) is 0 Å². The predicted octanol–water partition coefficient (Wildman–Crippen LogP) is 5.04. The summed E-state index contributed by atoms with van der Waals surface area (Å²) in [7, 11) is 0. The molecule has 0 atom stereocenters. The molecule has 0 N–H and O–H groups in total. The molecule has 2 aromatic carbocycles. The van der Waals surface area contributed by atoms with Crippen molar-refractivity contribution in [1.82, 2.24) is 0 Å². The van der Waals surface area contributed by atoms with Gasteiger partial charge in [-0.25, -0.2) is 0 Å². The normalized spacial score (nSPS) is 10.5. The van der Waals surface area contributed by atoms with Crippen LogP contribution in [0, 0.1) is 13.8 Å². The van der Waals surface area contributed by atoms with Crippen molar-refractivity contribution in [3.8, 4) is 0 Å². The monoisotopic (exact) mass is 334 g/mol. The van der Waals surface area contributed by atoms with Crippen LogP contribution in [0.3, 0.4) is 0 Å². The summed E-state index contributed by atoms with van der Waals surface area (Å²) < 4.78 is 0.862. The van der Waals surface area contributed by atoms with Crippen molar-refractivity contribution in [2.75, 3.05) is 5.75 Å². The van der Waals surface area contributed by atoms with Crippen molar-refractivity contribution in [2.45, 2.75) is 18.7 Å². The van der Waals surface area contributed by atoms with E-state index in [1.807, 2.05) is 24.3 Å². The minimum atomic E-state index is 0.149. The van der Waals surface area contributed by atoms with Crippen LogP contribution in [0.4, 0.5) is 0 Å². The molecule has 0 fully saturated rings. The lowest BCUT2D eigenvalue weighted by Gasteiger charge is -2.06. The van der Waals surface area contributed by atoms with Gasteiger partial charge in [0.15, 0.2) is 5.78 Å². The summed E-state index contributed by atoms with van der Waals surface area (Å²) in [5, 5.41) is 0. The number of benzene rings is 2. The Bertz CT molecular complexity index is 607. The largest absolute Gasteiger partial charge is 0.293 e. The van der Waals surface area contributed by atoms with Crippen molar-refractivity contribution in [3.05, 3.63) is 63.6 Å². The highest BCUT2D eigenvalue weighted by Crippen LogP contribution is 2.24. The zero-order valence-corrected chi connectivity index (χ0v) is 13.3. The van der Waals surface area contributed by atoms with E-state index < -0.39 is 0 Å². The fourth-order valence-electron chi connectivity index (χ4n) is 1.72. The summed E-state index contributed by atoms with van der Waals surface area (Å²) in [6.45, 7) is 4.19. The fraction of sp³-hybridized carbons (Fsp3) is 0.188. The molecule has 19 heavy (non-hydrogen) atoms. The van der Waals surface area contributed by atoms with Crippen LogP contribution in [0.5, 0.6) is 0 Å². The van der Waals surface area contributed by atoms with E-state index in [1.165, 1.54) is 11.1 Å². The fourth-order valence-corrected chi connectivity index (χ4v) is 3.10. The minimum absolute atomic E-state index is 0.149. The zero-order chi connectivity index (χ0) is 13.8. The maximum atomic E-state index is 12.1. The van der Waals surface area contributed by atoms with Gasteiger partial charge in [-0.3, -0.25) is 4.79 Å². The quantitative estimate of drug-likeness (QED) is 0.575. The van der Waals surface area contributed by atoms with Gasteiger partial charge in [-0.2, -0.15) is 0 Å². The Morgan fingerprint density at radius 3 is 2.53 bits per heavy atom.